The Morgan fingerprint density at radius 2 is 2.17 bits per heavy atom. The third-order valence-corrected chi connectivity index (χ3v) is 4.18. The van der Waals surface area contributed by atoms with Crippen LogP contribution >= 0.6 is 11.6 Å². The molecule has 0 bridgehead atoms. The van der Waals surface area contributed by atoms with Crippen molar-refractivity contribution in [3.05, 3.63) is 16.4 Å². The van der Waals surface area contributed by atoms with E-state index >= 15 is 0 Å². The molecule has 4 nitrogen and oxygen atoms in total. The van der Waals surface area contributed by atoms with Crippen LogP contribution in [-0.4, -0.2) is 45.5 Å². The molecule has 1 aromatic rings. The second-order valence-electron chi connectivity index (χ2n) is 5.43. The van der Waals surface area contributed by atoms with E-state index in [4.69, 9.17) is 11.6 Å². The highest BCUT2D eigenvalue weighted by molar-refractivity contribution is 6.31. The van der Waals surface area contributed by atoms with E-state index < -0.39 is 5.60 Å². The van der Waals surface area contributed by atoms with Crippen LogP contribution < -0.4 is 0 Å². The van der Waals surface area contributed by atoms with Gasteiger partial charge in [-0.25, -0.2) is 0 Å². The Morgan fingerprint density at radius 1 is 1.44 bits per heavy atom. The van der Waals surface area contributed by atoms with Gasteiger partial charge in [0.15, 0.2) is 0 Å². The van der Waals surface area contributed by atoms with Crippen LogP contribution in [-0.2, 0) is 19.9 Å². The van der Waals surface area contributed by atoms with Gasteiger partial charge in [0.2, 0.25) is 0 Å². The topological polar surface area (TPSA) is 41.3 Å². The monoisotopic (exact) mass is 271 g/mol. The number of likely N-dealkylation sites (tertiary alicyclic amines) is 1. The van der Waals surface area contributed by atoms with E-state index in [2.05, 4.69) is 10.00 Å². The molecule has 0 spiro atoms. The van der Waals surface area contributed by atoms with Crippen molar-refractivity contribution >= 4 is 11.6 Å². The van der Waals surface area contributed by atoms with Crippen LogP contribution in [0.1, 0.15) is 31.2 Å². The van der Waals surface area contributed by atoms with E-state index in [-0.39, 0.29) is 0 Å². The molecule has 1 saturated heterocycles. The van der Waals surface area contributed by atoms with Crippen molar-refractivity contribution in [1.82, 2.24) is 14.7 Å². The zero-order chi connectivity index (χ0) is 13.3. The van der Waals surface area contributed by atoms with E-state index in [1.165, 1.54) is 0 Å². The molecule has 2 heterocycles. The number of hydrogen-bond acceptors (Lipinski definition) is 3. The summed E-state index contributed by atoms with van der Waals surface area (Å²) in [6.45, 7) is 3.80. The molecule has 2 rings (SSSR count). The van der Waals surface area contributed by atoms with Crippen molar-refractivity contribution in [2.75, 3.05) is 20.1 Å². The Labute approximate surface area is 114 Å². The lowest BCUT2D eigenvalue weighted by atomic mass is 9.88. The highest BCUT2D eigenvalue weighted by Crippen LogP contribution is 2.29. The predicted octanol–water partition coefficient (Wildman–Crippen LogP) is 1.64. The average molecular weight is 272 g/mol. The van der Waals surface area contributed by atoms with Gasteiger partial charge in [0, 0.05) is 20.0 Å². The molecule has 0 aromatic carbocycles. The minimum Gasteiger partial charge on any atom is -0.388 e. The summed E-state index contributed by atoms with van der Waals surface area (Å²) in [6.07, 6.45) is 3.27. The number of aromatic nitrogens is 2. The fourth-order valence-corrected chi connectivity index (χ4v) is 3.17. The van der Waals surface area contributed by atoms with Crippen LogP contribution in [0.25, 0.3) is 0 Å². The summed E-state index contributed by atoms with van der Waals surface area (Å²) < 4.78 is 1.81. The van der Waals surface area contributed by atoms with Crippen molar-refractivity contribution in [3.8, 4) is 0 Å². The van der Waals surface area contributed by atoms with Crippen LogP contribution in [0.5, 0.6) is 0 Å². The Morgan fingerprint density at radius 3 is 2.72 bits per heavy atom. The third-order valence-electron chi connectivity index (χ3n) is 3.75. The molecule has 1 aliphatic heterocycles. The minimum absolute atomic E-state index is 0.583. The molecule has 1 aromatic heterocycles. The smallest absolute Gasteiger partial charge is 0.0850 e. The zero-order valence-corrected chi connectivity index (χ0v) is 12.2. The number of piperidine rings is 1. The molecule has 5 heteroatoms. The van der Waals surface area contributed by atoms with Gasteiger partial charge in [0.05, 0.1) is 22.0 Å². The van der Waals surface area contributed by atoms with Crippen LogP contribution in [0.15, 0.2) is 0 Å². The van der Waals surface area contributed by atoms with Crippen molar-refractivity contribution < 1.29 is 5.11 Å². The van der Waals surface area contributed by atoms with E-state index in [1.807, 2.05) is 25.7 Å². The summed E-state index contributed by atoms with van der Waals surface area (Å²) in [7, 11) is 3.95. The van der Waals surface area contributed by atoms with Crippen molar-refractivity contribution in [1.29, 1.82) is 0 Å². The lowest BCUT2D eigenvalue weighted by Gasteiger charge is -2.37. The van der Waals surface area contributed by atoms with E-state index in [9.17, 15) is 5.11 Å². The highest BCUT2D eigenvalue weighted by atomic mass is 35.5. The standard InChI is InChI=1S/C13H22ClN3O/c1-4-10-12(14)11(17(3)15-10)8-13(18)6-5-7-16(2)9-13/h18H,4-9H2,1-3H3. The molecule has 0 amide bonds. The molecule has 1 aliphatic rings. The number of β-amino-alcohol motifs (C(OH)–C–C–N with tert-alkyl or cyclic N) is 1. The second-order valence-corrected chi connectivity index (χ2v) is 5.80. The second kappa shape index (κ2) is 5.19. The van der Waals surface area contributed by atoms with E-state index in [0.29, 0.717) is 13.0 Å². The SMILES string of the molecule is CCc1nn(C)c(CC2(O)CCCN(C)C2)c1Cl. The first-order chi connectivity index (χ1) is 8.45. The molecule has 1 fully saturated rings. The molecule has 102 valence electrons. The van der Waals surface area contributed by atoms with Crippen LogP contribution in [0.4, 0.5) is 0 Å². The van der Waals surface area contributed by atoms with Gasteiger partial charge in [-0.1, -0.05) is 18.5 Å². The Balaban J connectivity index is 2.20. The Kier molecular flexibility index (Phi) is 3.99. The first-order valence-corrected chi connectivity index (χ1v) is 6.94. The minimum atomic E-state index is -0.671. The Bertz CT molecular complexity index is 432. The van der Waals surface area contributed by atoms with E-state index in [0.717, 1.165) is 42.2 Å². The zero-order valence-electron chi connectivity index (χ0n) is 11.4. The van der Waals surface area contributed by atoms with Gasteiger partial charge in [-0.3, -0.25) is 4.68 Å². The number of hydrogen-bond donors (Lipinski definition) is 1. The lowest BCUT2D eigenvalue weighted by Crippen LogP contribution is -2.48. The summed E-state index contributed by atoms with van der Waals surface area (Å²) in [5.74, 6) is 0. The number of aryl methyl sites for hydroxylation is 2. The maximum absolute atomic E-state index is 10.7. The molecule has 0 radical (unpaired) electrons. The quantitative estimate of drug-likeness (QED) is 0.909. The van der Waals surface area contributed by atoms with Gasteiger partial charge in [0.1, 0.15) is 0 Å². The number of rotatable bonds is 3. The largest absolute Gasteiger partial charge is 0.388 e. The fraction of sp³-hybridized carbons (Fsp3) is 0.769. The lowest BCUT2D eigenvalue weighted by molar-refractivity contribution is -0.0236. The van der Waals surface area contributed by atoms with Crippen molar-refractivity contribution in [2.24, 2.45) is 7.05 Å². The normalized spacial score (nSPS) is 25.6. The van der Waals surface area contributed by atoms with Crippen molar-refractivity contribution in [2.45, 2.75) is 38.2 Å². The Hall–Kier alpha value is -0.580. The first kappa shape index (κ1) is 13.8. The van der Waals surface area contributed by atoms with Gasteiger partial charge in [-0.05, 0) is 32.9 Å². The van der Waals surface area contributed by atoms with Crippen LogP contribution in [0.3, 0.4) is 0 Å². The van der Waals surface area contributed by atoms with Crippen LogP contribution in [0.2, 0.25) is 5.02 Å². The molecule has 1 unspecified atom stereocenters. The molecule has 1 N–H and O–H groups in total. The average Bonchev–Trinajstić information content (AvgIpc) is 2.56. The molecule has 18 heavy (non-hydrogen) atoms. The van der Waals surface area contributed by atoms with E-state index in [1.54, 1.807) is 0 Å². The maximum atomic E-state index is 10.7. The highest BCUT2D eigenvalue weighted by Gasteiger charge is 2.34. The molecule has 0 saturated carbocycles. The molecule has 0 aliphatic carbocycles. The van der Waals surface area contributed by atoms with Crippen LogP contribution in [0, 0.1) is 0 Å². The fourth-order valence-electron chi connectivity index (χ4n) is 2.81. The van der Waals surface area contributed by atoms with Gasteiger partial charge < -0.3 is 10.0 Å². The predicted molar refractivity (Wildman–Crippen MR) is 73.0 cm³/mol. The third kappa shape index (κ3) is 2.71. The first-order valence-electron chi connectivity index (χ1n) is 6.56. The van der Waals surface area contributed by atoms with Gasteiger partial charge in [-0.15, -0.1) is 0 Å². The summed E-state index contributed by atoms with van der Waals surface area (Å²) in [6, 6.07) is 0. The van der Waals surface area contributed by atoms with Crippen molar-refractivity contribution in [3.63, 3.8) is 0 Å². The van der Waals surface area contributed by atoms with Gasteiger partial charge in [0.25, 0.3) is 0 Å². The molecule has 1 atom stereocenters. The van der Waals surface area contributed by atoms with Gasteiger partial charge in [-0.2, -0.15) is 5.10 Å². The summed E-state index contributed by atoms with van der Waals surface area (Å²) in [5.41, 5.74) is 1.20. The van der Waals surface area contributed by atoms with Gasteiger partial charge >= 0.3 is 0 Å². The summed E-state index contributed by atoms with van der Waals surface area (Å²) >= 11 is 6.34. The summed E-state index contributed by atoms with van der Waals surface area (Å²) in [4.78, 5) is 2.18. The number of halogens is 1. The summed E-state index contributed by atoms with van der Waals surface area (Å²) in [5, 5.41) is 15.8. The number of aliphatic hydroxyl groups is 1. The molecular weight excluding hydrogens is 250 g/mol. The molecular formula is C13H22ClN3O. The number of likely N-dealkylation sites (N-methyl/N-ethyl adjacent to an activating group) is 1. The maximum Gasteiger partial charge on any atom is 0.0850 e. The number of nitrogens with zero attached hydrogens (tertiary/aromatic N) is 3.